The van der Waals surface area contributed by atoms with Crippen LogP contribution in [0.15, 0.2) is 72.4 Å². The van der Waals surface area contributed by atoms with Gasteiger partial charge in [0.2, 0.25) is 0 Å². The summed E-state index contributed by atoms with van der Waals surface area (Å²) in [7, 11) is 1.57. The van der Waals surface area contributed by atoms with E-state index in [1.54, 1.807) is 61.7 Å². The Morgan fingerprint density at radius 1 is 0.970 bits per heavy atom. The molecule has 1 heterocycles. The fourth-order valence-electron chi connectivity index (χ4n) is 3.61. The molecule has 0 saturated heterocycles. The van der Waals surface area contributed by atoms with Gasteiger partial charge in [-0.15, -0.1) is 0 Å². The van der Waals surface area contributed by atoms with E-state index in [-0.39, 0.29) is 11.3 Å². The predicted octanol–water partition coefficient (Wildman–Crippen LogP) is 5.45. The lowest BCUT2D eigenvalue weighted by molar-refractivity contribution is -0.120. The molecule has 0 unspecified atom stereocenters. The Labute approximate surface area is 197 Å². The van der Waals surface area contributed by atoms with Crippen molar-refractivity contribution in [2.24, 2.45) is 0 Å². The van der Waals surface area contributed by atoms with Gasteiger partial charge in [0.05, 0.1) is 30.7 Å². The van der Waals surface area contributed by atoms with Crippen molar-refractivity contribution in [1.29, 1.82) is 0 Å². The molecular weight excluding hydrogens is 440 g/mol. The molecule has 3 aromatic carbocycles. The molecule has 7 heteroatoms. The highest BCUT2D eigenvalue weighted by atomic mass is 35.5. The molecule has 6 nitrogen and oxygen atoms in total. The summed E-state index contributed by atoms with van der Waals surface area (Å²) in [6.45, 7) is 4.20. The molecule has 0 saturated carbocycles. The predicted molar refractivity (Wildman–Crippen MR) is 130 cm³/mol. The van der Waals surface area contributed by atoms with Gasteiger partial charge >= 0.3 is 0 Å². The van der Waals surface area contributed by atoms with Crippen LogP contribution in [-0.2, 0) is 9.59 Å². The lowest BCUT2D eigenvalue weighted by Crippen LogP contribution is -2.32. The van der Waals surface area contributed by atoms with Crippen molar-refractivity contribution < 1.29 is 19.1 Å². The summed E-state index contributed by atoms with van der Waals surface area (Å²) in [5.41, 5.74) is 2.85. The van der Waals surface area contributed by atoms with E-state index in [1.165, 1.54) is 0 Å². The van der Waals surface area contributed by atoms with E-state index in [1.807, 2.05) is 26.0 Å². The summed E-state index contributed by atoms with van der Waals surface area (Å²) in [5.74, 6) is 0.312. The van der Waals surface area contributed by atoms with Gasteiger partial charge in [-0.05, 0) is 61.4 Å². The fourth-order valence-corrected chi connectivity index (χ4v) is 3.79. The summed E-state index contributed by atoms with van der Waals surface area (Å²) in [6.07, 6.45) is 0. The molecule has 1 aliphatic rings. The quantitative estimate of drug-likeness (QED) is 0.473. The first-order valence-electron chi connectivity index (χ1n) is 10.5. The number of methoxy groups -OCH3 is 1. The molecule has 0 radical (unpaired) electrons. The van der Waals surface area contributed by atoms with Gasteiger partial charge in [0.25, 0.3) is 11.8 Å². The average Bonchev–Trinajstić information content (AvgIpc) is 3.06. The third-order valence-electron chi connectivity index (χ3n) is 5.32. The Bertz CT molecular complexity index is 1250. The number of ether oxygens (including phenoxy) is 2. The highest BCUT2D eigenvalue weighted by Crippen LogP contribution is 2.37. The molecule has 33 heavy (non-hydrogen) atoms. The van der Waals surface area contributed by atoms with Crippen molar-refractivity contribution in [3.63, 3.8) is 0 Å². The summed E-state index contributed by atoms with van der Waals surface area (Å²) in [6, 6.07) is 19.4. The number of rotatable bonds is 7. The number of anilines is 2. The molecule has 4 rings (SSSR count). The minimum Gasteiger partial charge on any atom is -0.497 e. The molecule has 1 aliphatic heterocycles. The van der Waals surface area contributed by atoms with Gasteiger partial charge in [0.15, 0.2) is 0 Å². The first-order chi connectivity index (χ1) is 15.9. The van der Waals surface area contributed by atoms with Crippen molar-refractivity contribution in [3.05, 3.63) is 88.6 Å². The summed E-state index contributed by atoms with van der Waals surface area (Å²) >= 11 is 6.29. The van der Waals surface area contributed by atoms with Crippen molar-refractivity contribution in [3.8, 4) is 11.5 Å². The Morgan fingerprint density at radius 2 is 1.70 bits per heavy atom. The standard InChI is InChI=1S/C26H23ClN2O4/c1-4-33-22-8-6-5-7-21(22)28-24-23(17-10-13-19(32-3)14-11-17)25(30)29(26(24)31)18-12-9-16(2)20(27)15-18/h5-15,28H,4H2,1-3H3. The largest absolute Gasteiger partial charge is 0.497 e. The minimum absolute atomic E-state index is 0.161. The zero-order valence-corrected chi connectivity index (χ0v) is 19.3. The van der Waals surface area contributed by atoms with E-state index < -0.39 is 11.8 Å². The van der Waals surface area contributed by atoms with Crippen LogP contribution in [-0.4, -0.2) is 25.5 Å². The van der Waals surface area contributed by atoms with E-state index in [2.05, 4.69) is 5.32 Å². The monoisotopic (exact) mass is 462 g/mol. The van der Waals surface area contributed by atoms with Gasteiger partial charge in [-0.25, -0.2) is 4.90 Å². The van der Waals surface area contributed by atoms with E-state index >= 15 is 0 Å². The first-order valence-corrected chi connectivity index (χ1v) is 10.8. The van der Waals surface area contributed by atoms with Gasteiger partial charge < -0.3 is 14.8 Å². The Morgan fingerprint density at radius 3 is 2.36 bits per heavy atom. The number of aryl methyl sites for hydroxylation is 1. The van der Waals surface area contributed by atoms with Crippen LogP contribution < -0.4 is 19.7 Å². The number of imide groups is 1. The van der Waals surface area contributed by atoms with E-state index in [0.29, 0.717) is 40.1 Å². The fraction of sp³-hybridized carbons (Fsp3) is 0.154. The SMILES string of the molecule is CCOc1ccccc1NC1=C(c2ccc(OC)cc2)C(=O)N(c2ccc(C)c(Cl)c2)C1=O. The van der Waals surface area contributed by atoms with Gasteiger partial charge in [-0.2, -0.15) is 0 Å². The number of hydrogen-bond acceptors (Lipinski definition) is 5. The van der Waals surface area contributed by atoms with Crippen LogP contribution in [0.2, 0.25) is 5.02 Å². The Balaban J connectivity index is 1.83. The van der Waals surface area contributed by atoms with Crippen LogP contribution >= 0.6 is 11.6 Å². The Kier molecular flexibility index (Phi) is 6.38. The van der Waals surface area contributed by atoms with E-state index in [0.717, 1.165) is 10.5 Å². The van der Waals surface area contributed by atoms with Crippen LogP contribution in [0.25, 0.3) is 5.57 Å². The van der Waals surface area contributed by atoms with Crippen molar-refractivity contribution >= 4 is 40.4 Å². The highest BCUT2D eigenvalue weighted by molar-refractivity contribution is 6.46. The maximum absolute atomic E-state index is 13.6. The zero-order valence-electron chi connectivity index (χ0n) is 18.5. The van der Waals surface area contributed by atoms with Crippen molar-refractivity contribution in [1.82, 2.24) is 0 Å². The molecule has 0 bridgehead atoms. The highest BCUT2D eigenvalue weighted by Gasteiger charge is 2.40. The first kappa shape index (κ1) is 22.4. The van der Waals surface area contributed by atoms with Gasteiger partial charge in [0.1, 0.15) is 17.2 Å². The van der Waals surface area contributed by atoms with Gasteiger partial charge in [0, 0.05) is 5.02 Å². The third kappa shape index (κ3) is 4.30. The lowest BCUT2D eigenvalue weighted by Gasteiger charge is -2.17. The van der Waals surface area contributed by atoms with Crippen LogP contribution in [0, 0.1) is 6.92 Å². The molecule has 1 N–H and O–H groups in total. The number of benzene rings is 3. The van der Waals surface area contributed by atoms with Crippen LogP contribution in [0.1, 0.15) is 18.1 Å². The zero-order chi connectivity index (χ0) is 23.5. The summed E-state index contributed by atoms with van der Waals surface area (Å²) in [5, 5.41) is 3.63. The topological polar surface area (TPSA) is 67.9 Å². The van der Waals surface area contributed by atoms with Crippen LogP contribution in [0.3, 0.4) is 0 Å². The lowest BCUT2D eigenvalue weighted by atomic mass is 10.0. The third-order valence-corrected chi connectivity index (χ3v) is 5.73. The molecular formula is C26H23ClN2O4. The van der Waals surface area contributed by atoms with Crippen LogP contribution in [0.4, 0.5) is 11.4 Å². The van der Waals surface area contributed by atoms with Crippen molar-refractivity contribution in [2.75, 3.05) is 23.9 Å². The van der Waals surface area contributed by atoms with Crippen LogP contribution in [0.5, 0.6) is 11.5 Å². The normalized spacial score (nSPS) is 13.5. The second kappa shape index (κ2) is 9.38. The molecule has 0 atom stereocenters. The van der Waals surface area contributed by atoms with Gasteiger partial charge in [-0.1, -0.05) is 41.9 Å². The number of amides is 2. The maximum Gasteiger partial charge on any atom is 0.282 e. The Hall–Kier alpha value is -3.77. The second-order valence-electron chi connectivity index (χ2n) is 7.41. The number of nitrogens with zero attached hydrogens (tertiary/aromatic N) is 1. The second-order valence-corrected chi connectivity index (χ2v) is 7.82. The maximum atomic E-state index is 13.6. The number of nitrogens with one attached hydrogen (secondary N) is 1. The minimum atomic E-state index is -0.475. The number of halogens is 1. The van der Waals surface area contributed by atoms with E-state index in [9.17, 15) is 9.59 Å². The number of para-hydroxylation sites is 2. The average molecular weight is 463 g/mol. The summed E-state index contributed by atoms with van der Waals surface area (Å²) in [4.78, 5) is 28.3. The smallest absolute Gasteiger partial charge is 0.282 e. The molecule has 0 spiro atoms. The van der Waals surface area contributed by atoms with Crippen molar-refractivity contribution in [2.45, 2.75) is 13.8 Å². The molecule has 2 amide bonds. The summed E-state index contributed by atoms with van der Waals surface area (Å²) < 4.78 is 10.9. The number of carbonyl (C=O) groups is 2. The molecule has 0 fully saturated rings. The number of hydrogen-bond donors (Lipinski definition) is 1. The molecule has 168 valence electrons. The molecule has 0 aliphatic carbocycles. The van der Waals surface area contributed by atoms with Gasteiger partial charge in [-0.3, -0.25) is 9.59 Å². The van der Waals surface area contributed by atoms with E-state index in [4.69, 9.17) is 21.1 Å². The molecule has 0 aromatic heterocycles. The molecule has 3 aromatic rings. The number of carbonyl (C=O) groups excluding carboxylic acids is 2.